The van der Waals surface area contributed by atoms with Crippen LogP contribution in [-0.4, -0.2) is 52.8 Å². The molecule has 0 spiro atoms. The lowest BCUT2D eigenvalue weighted by Gasteiger charge is -2.38. The fourth-order valence-corrected chi connectivity index (χ4v) is 7.63. The fourth-order valence-electron chi connectivity index (χ4n) is 6.03. The Hall–Kier alpha value is -4.88. The van der Waals surface area contributed by atoms with E-state index in [2.05, 4.69) is 16.0 Å². The van der Waals surface area contributed by atoms with Crippen molar-refractivity contribution in [3.8, 4) is 0 Å². The number of rotatable bonds is 20. The molecule has 3 aromatic carbocycles. The highest BCUT2D eigenvalue weighted by molar-refractivity contribution is 7.52. The summed E-state index contributed by atoms with van der Waals surface area (Å²) >= 11 is 0. The second-order valence-corrected chi connectivity index (χ2v) is 15.1. The molecule has 1 saturated carbocycles. The van der Waals surface area contributed by atoms with E-state index in [1.807, 2.05) is 60.7 Å². The maximum absolute atomic E-state index is 14.1. The van der Waals surface area contributed by atoms with Crippen molar-refractivity contribution >= 4 is 37.2 Å². The van der Waals surface area contributed by atoms with E-state index >= 15 is 0 Å². The number of carbonyl (C=O) groups excluding carboxylic acids is 4. The highest BCUT2D eigenvalue weighted by Gasteiger charge is 2.44. The Kier molecular flexibility index (Phi) is 15.3. The van der Waals surface area contributed by atoms with Crippen LogP contribution in [0.5, 0.6) is 0 Å². The Morgan fingerprint density at radius 3 is 1.87 bits per heavy atom. The normalized spacial score (nSPS) is 15.0. The highest BCUT2D eigenvalue weighted by Crippen LogP contribution is 2.53. The quantitative estimate of drug-likeness (QED) is 0.0911. The third-order valence-electron chi connectivity index (χ3n) is 8.92. The summed E-state index contributed by atoms with van der Waals surface area (Å²) in [6.45, 7) is 0.386. The van der Waals surface area contributed by atoms with Crippen LogP contribution >= 0.6 is 7.60 Å². The second kappa shape index (κ2) is 19.8. The summed E-state index contributed by atoms with van der Waals surface area (Å²) in [5.74, 6) is -4.25. The number of hydrogen-bond acceptors (Lipinski definition) is 9. The Bertz CT molecular complexity index is 1690. The summed E-state index contributed by atoms with van der Waals surface area (Å²) in [6.07, 6.45) is 2.09. The molecule has 0 aromatic heterocycles. The first kappa shape index (κ1) is 40.9. The molecule has 1 aliphatic carbocycles. The van der Waals surface area contributed by atoms with Gasteiger partial charge in [-0.2, -0.15) is 0 Å². The lowest BCUT2D eigenvalue weighted by Crippen LogP contribution is -2.63. The van der Waals surface area contributed by atoms with Crippen LogP contribution in [0.2, 0.25) is 0 Å². The van der Waals surface area contributed by atoms with Gasteiger partial charge in [-0.15, -0.1) is 0 Å². The smallest absolute Gasteiger partial charge is 0.335 e. The molecule has 4 rings (SSSR count). The van der Waals surface area contributed by atoms with Gasteiger partial charge >= 0.3 is 13.6 Å². The largest absolute Gasteiger partial charge is 0.480 e. The number of carboxylic acids is 1. The number of benzene rings is 3. The molecule has 53 heavy (non-hydrogen) atoms. The molecular weight excluding hydrogens is 701 g/mol. The van der Waals surface area contributed by atoms with Crippen molar-refractivity contribution in [2.24, 2.45) is 11.5 Å². The summed E-state index contributed by atoms with van der Waals surface area (Å²) in [5.41, 5.74) is 11.9. The molecule has 284 valence electrons. The fraction of sp³-hybridized carbons (Fsp3) is 0.395. The van der Waals surface area contributed by atoms with Crippen LogP contribution < -0.4 is 27.4 Å². The lowest BCUT2D eigenvalue weighted by atomic mass is 9.80. The standard InChI is InChI=1S/C38H48N5O9P/c39-22-10-15-33(45)42-34(35(46)43-38(20-8-3-9-21-38)37(49)41-31(36(47)48)23-32(40)44)30-18-16-29(17-19-30)26-53(50,51-24-27-11-4-1-5-12-27)52-25-28-13-6-2-7-14-28/h1-2,4-7,11-14,16-19,31,34H,3,8-10,15,20-26,39H2,(H2,40,44)(H,41,49)(H,42,45)(H,43,46)(H,47,48)/t31-,34+/m0/s1. The van der Waals surface area contributed by atoms with Crippen LogP contribution in [0.25, 0.3) is 0 Å². The van der Waals surface area contributed by atoms with E-state index in [0.29, 0.717) is 30.4 Å². The first-order valence-electron chi connectivity index (χ1n) is 17.6. The topological polar surface area (TPSA) is 229 Å². The minimum absolute atomic E-state index is 0.0537. The number of primary amides is 1. The third kappa shape index (κ3) is 12.6. The zero-order chi connectivity index (χ0) is 38.3. The van der Waals surface area contributed by atoms with E-state index in [0.717, 1.165) is 17.5 Å². The van der Waals surface area contributed by atoms with Gasteiger partial charge in [0.1, 0.15) is 17.6 Å². The van der Waals surface area contributed by atoms with Gasteiger partial charge < -0.3 is 41.6 Å². The van der Waals surface area contributed by atoms with E-state index in [-0.39, 0.29) is 45.2 Å². The summed E-state index contributed by atoms with van der Waals surface area (Å²) < 4.78 is 26.0. The monoisotopic (exact) mass is 749 g/mol. The van der Waals surface area contributed by atoms with Crippen LogP contribution in [0.3, 0.4) is 0 Å². The Balaban J connectivity index is 1.57. The number of nitrogens with one attached hydrogen (secondary N) is 3. The summed E-state index contributed by atoms with van der Waals surface area (Å²) in [4.78, 5) is 64.0. The molecule has 2 atom stereocenters. The van der Waals surface area contributed by atoms with Crippen LogP contribution in [-0.2, 0) is 57.0 Å². The van der Waals surface area contributed by atoms with Gasteiger partial charge in [0.25, 0.3) is 0 Å². The number of aliphatic carboxylic acids is 1. The average Bonchev–Trinajstić information content (AvgIpc) is 3.15. The zero-order valence-electron chi connectivity index (χ0n) is 29.5. The maximum atomic E-state index is 14.1. The third-order valence-corrected chi connectivity index (χ3v) is 10.7. The number of carboxylic acid groups (broad SMARTS) is 1. The molecule has 8 N–H and O–H groups in total. The molecule has 0 saturated heterocycles. The van der Waals surface area contributed by atoms with E-state index < -0.39 is 61.2 Å². The predicted molar refractivity (Wildman–Crippen MR) is 197 cm³/mol. The van der Waals surface area contributed by atoms with Gasteiger partial charge in [0.15, 0.2) is 0 Å². The molecule has 3 aromatic rings. The first-order valence-corrected chi connectivity index (χ1v) is 19.3. The zero-order valence-corrected chi connectivity index (χ0v) is 30.4. The molecule has 1 fully saturated rings. The van der Waals surface area contributed by atoms with Gasteiger partial charge in [0, 0.05) is 6.42 Å². The van der Waals surface area contributed by atoms with Crippen molar-refractivity contribution in [2.45, 2.75) is 88.4 Å². The van der Waals surface area contributed by atoms with Crippen LogP contribution in [0.1, 0.15) is 79.7 Å². The number of nitrogens with two attached hydrogens (primary N) is 2. The molecule has 14 nitrogen and oxygen atoms in total. The lowest BCUT2D eigenvalue weighted by molar-refractivity contribution is -0.145. The highest BCUT2D eigenvalue weighted by atomic mass is 31.2. The van der Waals surface area contributed by atoms with Gasteiger partial charge in [-0.3, -0.25) is 23.7 Å². The van der Waals surface area contributed by atoms with Crippen molar-refractivity contribution < 1.29 is 42.7 Å². The van der Waals surface area contributed by atoms with E-state index in [4.69, 9.17) is 20.5 Å². The molecule has 0 radical (unpaired) electrons. The van der Waals surface area contributed by atoms with Crippen LogP contribution in [0.15, 0.2) is 84.9 Å². The van der Waals surface area contributed by atoms with E-state index in [1.165, 1.54) is 0 Å². The van der Waals surface area contributed by atoms with Crippen molar-refractivity contribution in [1.29, 1.82) is 0 Å². The van der Waals surface area contributed by atoms with Crippen molar-refractivity contribution in [2.75, 3.05) is 6.54 Å². The summed E-state index contributed by atoms with van der Waals surface area (Å²) in [6, 6.07) is 22.3. The van der Waals surface area contributed by atoms with Gasteiger partial charge in [-0.05, 0) is 48.1 Å². The number of amides is 4. The van der Waals surface area contributed by atoms with Gasteiger partial charge in [0.2, 0.25) is 23.6 Å². The molecule has 1 aliphatic rings. The van der Waals surface area contributed by atoms with Gasteiger partial charge in [-0.25, -0.2) is 4.79 Å². The van der Waals surface area contributed by atoms with Crippen molar-refractivity contribution in [1.82, 2.24) is 16.0 Å². The average molecular weight is 750 g/mol. The molecule has 15 heteroatoms. The molecule has 0 unspecified atom stereocenters. The van der Waals surface area contributed by atoms with Crippen molar-refractivity contribution in [3.05, 3.63) is 107 Å². The van der Waals surface area contributed by atoms with E-state index in [9.17, 15) is 33.6 Å². The Labute approximate surface area is 308 Å². The number of hydrogen-bond donors (Lipinski definition) is 6. The molecule has 0 heterocycles. The predicted octanol–water partition coefficient (Wildman–Crippen LogP) is 3.97. The SMILES string of the molecule is NCCCC(=O)N[C@@H](C(=O)NC1(C(=O)N[C@@H](CC(N)=O)C(=O)O)CCCCC1)c1ccc(CP(=O)(OCc2ccccc2)OCc2ccccc2)cc1. The molecular formula is C38H48N5O9P. The van der Waals surface area contributed by atoms with Crippen LogP contribution in [0.4, 0.5) is 0 Å². The number of carbonyl (C=O) groups is 5. The molecule has 0 aliphatic heterocycles. The van der Waals surface area contributed by atoms with Crippen molar-refractivity contribution in [3.63, 3.8) is 0 Å². The van der Waals surface area contributed by atoms with E-state index in [1.54, 1.807) is 24.3 Å². The minimum Gasteiger partial charge on any atom is -0.480 e. The first-order chi connectivity index (χ1) is 25.4. The Morgan fingerprint density at radius 1 is 0.792 bits per heavy atom. The van der Waals surface area contributed by atoms with Gasteiger partial charge in [0.05, 0.1) is 25.8 Å². The Morgan fingerprint density at radius 2 is 1.36 bits per heavy atom. The molecule has 4 amide bonds. The maximum Gasteiger partial charge on any atom is 0.335 e. The minimum atomic E-state index is -3.71. The molecule has 0 bridgehead atoms. The summed E-state index contributed by atoms with van der Waals surface area (Å²) in [5, 5.41) is 17.5. The van der Waals surface area contributed by atoms with Crippen LogP contribution in [0, 0.1) is 0 Å². The second-order valence-electron chi connectivity index (χ2n) is 13.1. The van der Waals surface area contributed by atoms with Gasteiger partial charge in [-0.1, -0.05) is 104 Å². The summed E-state index contributed by atoms with van der Waals surface area (Å²) in [7, 11) is -3.71.